The highest BCUT2D eigenvalue weighted by atomic mass is 127. The molecule has 0 radical (unpaired) electrons. The summed E-state index contributed by atoms with van der Waals surface area (Å²) in [6, 6.07) is 12.3. The molecule has 0 bridgehead atoms. The molecule has 3 rings (SSSR count). The van der Waals surface area contributed by atoms with Crippen LogP contribution in [0.3, 0.4) is 0 Å². The van der Waals surface area contributed by atoms with Crippen LogP contribution in [0.25, 0.3) is 11.0 Å². The van der Waals surface area contributed by atoms with Crippen molar-refractivity contribution in [1.29, 1.82) is 0 Å². The van der Waals surface area contributed by atoms with Crippen LogP contribution in [-0.2, 0) is 6.54 Å². The van der Waals surface area contributed by atoms with Crippen LogP contribution in [0.4, 0.5) is 5.69 Å². The van der Waals surface area contributed by atoms with Crippen molar-refractivity contribution in [2.24, 2.45) is 0 Å². The fourth-order valence-corrected chi connectivity index (χ4v) is 2.83. The maximum absolute atomic E-state index is 12.4. The second-order valence-corrected chi connectivity index (χ2v) is 6.44. The van der Waals surface area contributed by atoms with E-state index in [1.54, 1.807) is 25.1 Å². The molecule has 0 spiro atoms. The Morgan fingerprint density at radius 2 is 1.88 bits per heavy atom. The number of nitrogens with one attached hydrogen (secondary N) is 2. The molecular formula is C17H14IN3O3. The third-order valence-electron chi connectivity index (χ3n) is 3.66. The van der Waals surface area contributed by atoms with Crippen molar-refractivity contribution in [3.63, 3.8) is 0 Å². The van der Waals surface area contributed by atoms with E-state index in [-0.39, 0.29) is 5.91 Å². The number of fused-ring (bicyclic) bond motifs is 1. The fourth-order valence-electron chi connectivity index (χ4n) is 2.47. The van der Waals surface area contributed by atoms with E-state index in [0.29, 0.717) is 28.8 Å². The molecule has 24 heavy (non-hydrogen) atoms. The van der Waals surface area contributed by atoms with E-state index in [1.807, 2.05) is 24.3 Å². The number of anilines is 1. The van der Waals surface area contributed by atoms with Gasteiger partial charge in [-0.05, 0) is 72.0 Å². The van der Waals surface area contributed by atoms with Gasteiger partial charge >= 0.3 is 11.1 Å². The number of aromatic nitrogens is 2. The molecule has 0 unspecified atom stereocenters. The summed E-state index contributed by atoms with van der Waals surface area (Å²) in [6.07, 6.45) is 0. The second kappa shape index (κ2) is 6.60. The molecule has 0 aliphatic rings. The molecule has 0 fully saturated rings. The molecule has 6 nitrogen and oxygen atoms in total. The van der Waals surface area contributed by atoms with E-state index in [0.717, 1.165) is 3.57 Å². The number of carbonyl (C=O) groups excluding carboxylic acids is 1. The number of H-pyrrole nitrogens is 1. The number of carbonyl (C=O) groups is 1. The predicted molar refractivity (Wildman–Crippen MR) is 102 cm³/mol. The fraction of sp³-hybridized carbons (Fsp3) is 0.118. The largest absolute Gasteiger partial charge is 0.322 e. The van der Waals surface area contributed by atoms with E-state index >= 15 is 0 Å². The summed E-state index contributed by atoms with van der Waals surface area (Å²) in [5.41, 5.74) is 0.843. The summed E-state index contributed by atoms with van der Waals surface area (Å²) in [5, 5.41) is 2.80. The third-order valence-corrected chi connectivity index (χ3v) is 4.37. The van der Waals surface area contributed by atoms with Gasteiger partial charge in [0.15, 0.2) is 0 Å². The summed E-state index contributed by atoms with van der Waals surface area (Å²) in [4.78, 5) is 38.5. The Labute approximate surface area is 150 Å². The predicted octanol–water partition coefficient (Wildman–Crippen LogP) is 2.57. The number of nitrogens with zero attached hydrogens (tertiary/aromatic N) is 1. The Morgan fingerprint density at radius 3 is 2.54 bits per heavy atom. The van der Waals surface area contributed by atoms with Gasteiger partial charge in [-0.1, -0.05) is 0 Å². The lowest BCUT2D eigenvalue weighted by Crippen LogP contribution is -2.36. The molecule has 3 aromatic rings. The molecule has 0 saturated carbocycles. The number of aromatic amines is 1. The minimum absolute atomic E-state index is 0.284. The number of hydrogen-bond acceptors (Lipinski definition) is 3. The first-order valence-electron chi connectivity index (χ1n) is 7.33. The first kappa shape index (κ1) is 16.4. The van der Waals surface area contributed by atoms with Crippen molar-refractivity contribution in [1.82, 2.24) is 9.55 Å². The van der Waals surface area contributed by atoms with Crippen LogP contribution in [0.5, 0.6) is 0 Å². The summed E-state index contributed by atoms with van der Waals surface area (Å²) >= 11 is 2.19. The normalized spacial score (nSPS) is 10.8. The van der Waals surface area contributed by atoms with Crippen molar-refractivity contribution >= 4 is 45.2 Å². The molecule has 0 aliphatic heterocycles. The zero-order chi connectivity index (χ0) is 17.3. The average molecular weight is 435 g/mol. The topological polar surface area (TPSA) is 84.0 Å². The number of benzene rings is 2. The SMILES string of the molecule is CCn1c(=O)c(=O)[nH]c2cc(C(=O)Nc3ccc(I)cc3)ccc21. The van der Waals surface area contributed by atoms with Gasteiger partial charge in [0.05, 0.1) is 11.0 Å². The second-order valence-electron chi connectivity index (χ2n) is 5.20. The summed E-state index contributed by atoms with van der Waals surface area (Å²) < 4.78 is 2.46. The Bertz CT molecular complexity index is 1040. The van der Waals surface area contributed by atoms with Crippen LogP contribution in [0.15, 0.2) is 52.1 Å². The van der Waals surface area contributed by atoms with Crippen LogP contribution in [-0.4, -0.2) is 15.5 Å². The lowest BCUT2D eigenvalue weighted by atomic mass is 10.1. The lowest BCUT2D eigenvalue weighted by molar-refractivity contribution is 0.102. The Morgan fingerprint density at radius 1 is 1.17 bits per heavy atom. The molecule has 1 aromatic heterocycles. The van der Waals surface area contributed by atoms with Crippen LogP contribution >= 0.6 is 22.6 Å². The average Bonchev–Trinajstić information content (AvgIpc) is 2.57. The van der Waals surface area contributed by atoms with Crippen molar-refractivity contribution < 1.29 is 4.79 Å². The van der Waals surface area contributed by atoms with E-state index in [9.17, 15) is 14.4 Å². The van der Waals surface area contributed by atoms with Gasteiger partial charge in [-0.3, -0.25) is 14.4 Å². The highest BCUT2D eigenvalue weighted by Gasteiger charge is 2.11. The minimum Gasteiger partial charge on any atom is -0.322 e. The van der Waals surface area contributed by atoms with Crippen molar-refractivity contribution in [2.45, 2.75) is 13.5 Å². The molecule has 0 atom stereocenters. The van der Waals surface area contributed by atoms with Crippen molar-refractivity contribution in [3.05, 3.63) is 72.3 Å². The number of aryl methyl sites for hydroxylation is 1. The van der Waals surface area contributed by atoms with E-state index in [4.69, 9.17) is 0 Å². The molecule has 122 valence electrons. The Hall–Kier alpha value is -2.42. The van der Waals surface area contributed by atoms with Crippen molar-refractivity contribution in [3.8, 4) is 0 Å². The van der Waals surface area contributed by atoms with E-state index in [1.165, 1.54) is 4.57 Å². The van der Waals surface area contributed by atoms with Gasteiger partial charge in [0, 0.05) is 21.4 Å². The Kier molecular flexibility index (Phi) is 4.52. The molecule has 1 amide bonds. The van der Waals surface area contributed by atoms with Gasteiger partial charge in [0.25, 0.3) is 5.91 Å². The van der Waals surface area contributed by atoms with E-state index < -0.39 is 11.1 Å². The third kappa shape index (κ3) is 3.12. The zero-order valence-corrected chi connectivity index (χ0v) is 15.0. The maximum Gasteiger partial charge on any atom is 0.316 e. The standard InChI is InChI=1S/C17H14IN3O3/c1-2-21-14-8-3-10(9-13(14)20-16(23)17(21)24)15(22)19-12-6-4-11(18)5-7-12/h3-9H,2H2,1H3,(H,19,22)(H,20,23). The van der Waals surface area contributed by atoms with Gasteiger partial charge in [-0.2, -0.15) is 0 Å². The molecular weight excluding hydrogens is 421 g/mol. The summed E-state index contributed by atoms with van der Waals surface area (Å²) in [5.74, 6) is -0.284. The summed E-state index contributed by atoms with van der Waals surface area (Å²) in [7, 11) is 0. The van der Waals surface area contributed by atoms with Crippen LogP contribution < -0.4 is 16.4 Å². The number of halogens is 1. The van der Waals surface area contributed by atoms with Gasteiger partial charge < -0.3 is 14.9 Å². The molecule has 7 heteroatoms. The van der Waals surface area contributed by atoms with Crippen LogP contribution in [0.1, 0.15) is 17.3 Å². The van der Waals surface area contributed by atoms with Crippen LogP contribution in [0, 0.1) is 3.57 Å². The molecule has 1 heterocycles. The van der Waals surface area contributed by atoms with Gasteiger partial charge in [0.1, 0.15) is 0 Å². The first-order valence-corrected chi connectivity index (χ1v) is 8.41. The minimum atomic E-state index is -0.695. The van der Waals surface area contributed by atoms with Gasteiger partial charge in [-0.25, -0.2) is 0 Å². The van der Waals surface area contributed by atoms with Crippen LogP contribution in [0.2, 0.25) is 0 Å². The summed E-state index contributed by atoms with van der Waals surface area (Å²) in [6.45, 7) is 2.17. The monoisotopic (exact) mass is 435 g/mol. The number of rotatable bonds is 3. The molecule has 2 aromatic carbocycles. The van der Waals surface area contributed by atoms with E-state index in [2.05, 4.69) is 32.9 Å². The smallest absolute Gasteiger partial charge is 0.316 e. The van der Waals surface area contributed by atoms with Gasteiger partial charge in [0.2, 0.25) is 0 Å². The van der Waals surface area contributed by atoms with Gasteiger partial charge in [-0.15, -0.1) is 0 Å². The number of amides is 1. The Balaban J connectivity index is 2.00. The number of hydrogen-bond donors (Lipinski definition) is 2. The maximum atomic E-state index is 12.4. The zero-order valence-electron chi connectivity index (χ0n) is 12.8. The molecule has 0 aliphatic carbocycles. The molecule has 0 saturated heterocycles. The lowest BCUT2D eigenvalue weighted by Gasteiger charge is -2.09. The molecule has 2 N–H and O–H groups in total. The quantitative estimate of drug-likeness (QED) is 0.490. The first-order chi connectivity index (χ1) is 11.5. The highest BCUT2D eigenvalue weighted by Crippen LogP contribution is 2.15. The highest BCUT2D eigenvalue weighted by molar-refractivity contribution is 14.1. The van der Waals surface area contributed by atoms with Crippen molar-refractivity contribution in [2.75, 3.05) is 5.32 Å².